The van der Waals surface area contributed by atoms with Crippen LogP contribution in [-0.4, -0.2) is 0 Å². The molecule has 3 aromatic carbocycles. The maximum Gasteiger partial charge on any atom is 0.127 e. The fourth-order valence-electron chi connectivity index (χ4n) is 3.29. The first-order chi connectivity index (χ1) is 13.2. The lowest BCUT2D eigenvalue weighted by Gasteiger charge is -2.19. The standard InChI is InChI=1S/C25H29NO/c1-4-20-13-16-25(22(5-2)17-20)19(3)26-18-21-11-14-24(15-12-21)27-23-9-7-6-8-10-23/h6-17,19,26H,4-5,18H2,1-3H3. The van der Waals surface area contributed by atoms with Crippen molar-refractivity contribution in [3.05, 3.63) is 95.1 Å². The smallest absolute Gasteiger partial charge is 0.127 e. The fourth-order valence-corrected chi connectivity index (χ4v) is 3.29. The Morgan fingerprint density at radius 3 is 2.11 bits per heavy atom. The minimum atomic E-state index is 0.325. The number of rotatable bonds is 8. The molecular weight excluding hydrogens is 330 g/mol. The third-order valence-electron chi connectivity index (χ3n) is 4.98. The number of hydrogen-bond donors (Lipinski definition) is 1. The first-order valence-electron chi connectivity index (χ1n) is 9.86. The predicted molar refractivity (Wildman–Crippen MR) is 113 cm³/mol. The van der Waals surface area contributed by atoms with Gasteiger partial charge in [-0.2, -0.15) is 0 Å². The van der Waals surface area contributed by atoms with Crippen LogP contribution in [0.15, 0.2) is 72.8 Å². The number of hydrogen-bond acceptors (Lipinski definition) is 2. The van der Waals surface area contributed by atoms with Gasteiger partial charge in [-0.05, 0) is 66.3 Å². The Morgan fingerprint density at radius 1 is 0.778 bits per heavy atom. The van der Waals surface area contributed by atoms with Gasteiger partial charge in [-0.25, -0.2) is 0 Å². The zero-order valence-corrected chi connectivity index (χ0v) is 16.5. The van der Waals surface area contributed by atoms with Crippen molar-refractivity contribution in [2.45, 2.75) is 46.2 Å². The van der Waals surface area contributed by atoms with E-state index in [4.69, 9.17) is 4.74 Å². The highest BCUT2D eigenvalue weighted by molar-refractivity contribution is 5.35. The van der Waals surface area contributed by atoms with Gasteiger partial charge in [0.25, 0.3) is 0 Å². The normalized spacial score (nSPS) is 12.0. The highest BCUT2D eigenvalue weighted by Gasteiger charge is 2.10. The molecule has 3 aromatic rings. The fraction of sp³-hybridized carbons (Fsp3) is 0.280. The maximum absolute atomic E-state index is 5.86. The van der Waals surface area contributed by atoms with Crippen LogP contribution in [0.4, 0.5) is 0 Å². The molecule has 27 heavy (non-hydrogen) atoms. The van der Waals surface area contributed by atoms with Gasteiger partial charge in [0.1, 0.15) is 11.5 Å². The Labute approximate surface area is 163 Å². The Balaban J connectivity index is 1.60. The molecule has 0 aliphatic carbocycles. The monoisotopic (exact) mass is 359 g/mol. The topological polar surface area (TPSA) is 21.3 Å². The molecule has 1 N–H and O–H groups in total. The highest BCUT2D eigenvalue weighted by atomic mass is 16.5. The van der Waals surface area contributed by atoms with Crippen LogP contribution < -0.4 is 10.1 Å². The minimum absolute atomic E-state index is 0.325. The summed E-state index contributed by atoms with van der Waals surface area (Å²) in [6, 6.07) is 25.4. The van der Waals surface area contributed by atoms with E-state index >= 15 is 0 Å². The van der Waals surface area contributed by atoms with E-state index < -0.39 is 0 Å². The van der Waals surface area contributed by atoms with E-state index in [1.165, 1.54) is 22.3 Å². The molecular formula is C25H29NO. The number of benzene rings is 3. The molecule has 2 heteroatoms. The SMILES string of the molecule is CCc1ccc(C(C)NCc2ccc(Oc3ccccc3)cc2)c(CC)c1. The van der Waals surface area contributed by atoms with Gasteiger partial charge in [0, 0.05) is 12.6 Å². The van der Waals surface area contributed by atoms with Crippen molar-refractivity contribution in [3.63, 3.8) is 0 Å². The number of aryl methyl sites for hydroxylation is 2. The number of nitrogens with one attached hydrogen (secondary N) is 1. The molecule has 0 aromatic heterocycles. The van der Waals surface area contributed by atoms with Gasteiger partial charge in [0.15, 0.2) is 0 Å². The summed E-state index contributed by atoms with van der Waals surface area (Å²) in [5.74, 6) is 1.72. The van der Waals surface area contributed by atoms with E-state index in [2.05, 4.69) is 56.4 Å². The van der Waals surface area contributed by atoms with Gasteiger partial charge in [-0.3, -0.25) is 0 Å². The van der Waals surface area contributed by atoms with Crippen molar-refractivity contribution in [2.75, 3.05) is 0 Å². The summed E-state index contributed by atoms with van der Waals surface area (Å²) in [6.45, 7) is 7.52. The second-order valence-corrected chi connectivity index (χ2v) is 6.90. The molecule has 0 heterocycles. The minimum Gasteiger partial charge on any atom is -0.457 e. The summed E-state index contributed by atoms with van der Waals surface area (Å²) < 4.78 is 5.86. The van der Waals surface area contributed by atoms with Crippen LogP contribution >= 0.6 is 0 Å². The molecule has 0 amide bonds. The van der Waals surface area contributed by atoms with Crippen LogP contribution in [0.5, 0.6) is 11.5 Å². The van der Waals surface area contributed by atoms with Crippen molar-refractivity contribution >= 4 is 0 Å². The highest BCUT2D eigenvalue weighted by Crippen LogP contribution is 2.23. The maximum atomic E-state index is 5.86. The Morgan fingerprint density at radius 2 is 1.44 bits per heavy atom. The summed E-state index contributed by atoms with van der Waals surface area (Å²) in [7, 11) is 0. The van der Waals surface area contributed by atoms with E-state index in [0.717, 1.165) is 30.9 Å². The first kappa shape index (κ1) is 19.2. The van der Waals surface area contributed by atoms with Gasteiger partial charge in [-0.1, -0.05) is 62.4 Å². The molecule has 3 rings (SSSR count). The molecule has 0 saturated carbocycles. The van der Waals surface area contributed by atoms with Crippen molar-refractivity contribution in [1.82, 2.24) is 5.32 Å². The lowest BCUT2D eigenvalue weighted by molar-refractivity contribution is 0.482. The van der Waals surface area contributed by atoms with Gasteiger partial charge < -0.3 is 10.1 Å². The Kier molecular flexibility index (Phi) is 6.67. The third-order valence-corrected chi connectivity index (χ3v) is 4.98. The van der Waals surface area contributed by atoms with Crippen molar-refractivity contribution in [3.8, 4) is 11.5 Å². The molecule has 0 bridgehead atoms. The predicted octanol–water partition coefficient (Wildman–Crippen LogP) is 6.45. The van der Waals surface area contributed by atoms with Crippen LogP contribution in [0.2, 0.25) is 0 Å². The molecule has 140 valence electrons. The lowest BCUT2D eigenvalue weighted by atomic mass is 9.96. The average molecular weight is 360 g/mol. The van der Waals surface area contributed by atoms with Crippen molar-refractivity contribution in [2.24, 2.45) is 0 Å². The van der Waals surface area contributed by atoms with Crippen LogP contribution in [0.25, 0.3) is 0 Å². The summed E-state index contributed by atoms with van der Waals surface area (Å²) in [6.07, 6.45) is 2.16. The summed E-state index contributed by atoms with van der Waals surface area (Å²) in [5.41, 5.74) is 5.52. The molecule has 0 spiro atoms. The van der Waals surface area contributed by atoms with Crippen LogP contribution in [0.1, 0.15) is 49.1 Å². The Bertz CT molecular complexity index is 840. The third kappa shape index (κ3) is 5.21. The lowest BCUT2D eigenvalue weighted by Crippen LogP contribution is -2.19. The van der Waals surface area contributed by atoms with Crippen molar-refractivity contribution < 1.29 is 4.74 Å². The van der Waals surface area contributed by atoms with Crippen molar-refractivity contribution in [1.29, 1.82) is 0 Å². The van der Waals surface area contributed by atoms with E-state index in [-0.39, 0.29) is 0 Å². The first-order valence-corrected chi connectivity index (χ1v) is 9.86. The molecule has 0 radical (unpaired) electrons. The summed E-state index contributed by atoms with van der Waals surface area (Å²) in [4.78, 5) is 0. The molecule has 0 saturated heterocycles. The number of para-hydroxylation sites is 1. The zero-order valence-electron chi connectivity index (χ0n) is 16.5. The zero-order chi connectivity index (χ0) is 19.1. The number of ether oxygens (including phenoxy) is 1. The van der Waals surface area contributed by atoms with Gasteiger partial charge in [-0.15, -0.1) is 0 Å². The molecule has 1 atom stereocenters. The average Bonchev–Trinajstić information content (AvgIpc) is 2.73. The summed E-state index contributed by atoms with van der Waals surface area (Å²) in [5, 5.41) is 3.66. The van der Waals surface area contributed by atoms with Gasteiger partial charge >= 0.3 is 0 Å². The largest absolute Gasteiger partial charge is 0.457 e. The van der Waals surface area contributed by atoms with E-state index in [1.54, 1.807) is 0 Å². The van der Waals surface area contributed by atoms with E-state index in [1.807, 2.05) is 42.5 Å². The van der Waals surface area contributed by atoms with Gasteiger partial charge in [0.2, 0.25) is 0 Å². The van der Waals surface area contributed by atoms with Crippen LogP contribution in [0.3, 0.4) is 0 Å². The molecule has 2 nitrogen and oxygen atoms in total. The molecule has 0 fully saturated rings. The second kappa shape index (κ2) is 9.38. The molecule has 0 aliphatic heterocycles. The Hall–Kier alpha value is -2.58. The second-order valence-electron chi connectivity index (χ2n) is 6.90. The van der Waals surface area contributed by atoms with Crippen LogP contribution in [-0.2, 0) is 19.4 Å². The van der Waals surface area contributed by atoms with Crippen LogP contribution in [0, 0.1) is 0 Å². The summed E-state index contributed by atoms with van der Waals surface area (Å²) >= 11 is 0. The van der Waals surface area contributed by atoms with Gasteiger partial charge in [0.05, 0.1) is 0 Å². The van der Waals surface area contributed by atoms with E-state index in [9.17, 15) is 0 Å². The molecule has 0 aliphatic rings. The van der Waals surface area contributed by atoms with E-state index in [0.29, 0.717) is 6.04 Å². The quantitative estimate of drug-likeness (QED) is 0.499. The molecule has 1 unspecified atom stereocenters.